The van der Waals surface area contributed by atoms with Crippen LogP contribution in [0.1, 0.15) is 28.0 Å². The molecule has 3 aromatic rings. The van der Waals surface area contributed by atoms with E-state index < -0.39 is 0 Å². The molecule has 3 amide bonds. The predicted molar refractivity (Wildman–Crippen MR) is 123 cm³/mol. The van der Waals surface area contributed by atoms with Gasteiger partial charge in [-0.25, -0.2) is 9.78 Å². The molecule has 0 aliphatic heterocycles. The Bertz CT molecular complexity index is 1020. The highest BCUT2D eigenvalue weighted by molar-refractivity contribution is 7.09. The summed E-state index contributed by atoms with van der Waals surface area (Å²) in [5.41, 5.74) is 2.04. The number of nitrogens with one attached hydrogen (secondary N) is 3. The fraction of sp³-hybridized carbons (Fsp3) is 0.227. The van der Waals surface area contributed by atoms with E-state index in [4.69, 9.17) is 16.3 Å². The first-order valence-electron chi connectivity index (χ1n) is 9.78. The van der Waals surface area contributed by atoms with Crippen LogP contribution >= 0.6 is 22.9 Å². The van der Waals surface area contributed by atoms with Crippen LogP contribution in [0.4, 0.5) is 10.5 Å². The number of aromatic nitrogens is 1. The number of nitrogens with zero attached hydrogens (tertiary/aromatic N) is 1. The number of thiazole rings is 1. The summed E-state index contributed by atoms with van der Waals surface area (Å²) < 4.78 is 5.37. The fourth-order valence-electron chi connectivity index (χ4n) is 2.73. The van der Waals surface area contributed by atoms with Crippen LogP contribution in [0.2, 0.25) is 5.02 Å². The summed E-state index contributed by atoms with van der Waals surface area (Å²) in [6.07, 6.45) is 0.677. The predicted octanol–water partition coefficient (Wildman–Crippen LogP) is 4.49. The molecule has 2 aromatic carbocycles. The molecule has 0 aliphatic carbocycles. The van der Waals surface area contributed by atoms with Gasteiger partial charge < -0.3 is 20.7 Å². The van der Waals surface area contributed by atoms with Crippen LogP contribution in [-0.2, 0) is 13.0 Å². The van der Waals surface area contributed by atoms with E-state index in [1.165, 1.54) is 11.3 Å². The Labute approximate surface area is 189 Å². The number of anilines is 1. The van der Waals surface area contributed by atoms with Crippen LogP contribution in [0.3, 0.4) is 0 Å². The van der Waals surface area contributed by atoms with Crippen molar-refractivity contribution < 1.29 is 14.3 Å². The average molecular weight is 459 g/mol. The van der Waals surface area contributed by atoms with Gasteiger partial charge in [-0.1, -0.05) is 23.7 Å². The number of rotatable bonds is 9. The third-order valence-corrected chi connectivity index (χ3v) is 5.28. The molecule has 0 unspecified atom stereocenters. The van der Waals surface area contributed by atoms with Crippen molar-refractivity contribution in [2.24, 2.45) is 0 Å². The molecule has 0 atom stereocenters. The molecule has 9 heteroatoms. The molecule has 0 saturated heterocycles. The Morgan fingerprint density at radius 3 is 2.68 bits per heavy atom. The van der Waals surface area contributed by atoms with Crippen molar-refractivity contribution in [2.75, 3.05) is 18.5 Å². The molecule has 3 rings (SSSR count). The number of hydrogen-bond donors (Lipinski definition) is 3. The lowest BCUT2D eigenvalue weighted by Crippen LogP contribution is -2.28. The minimum absolute atomic E-state index is 0.226. The Morgan fingerprint density at radius 2 is 1.94 bits per heavy atom. The summed E-state index contributed by atoms with van der Waals surface area (Å²) in [5, 5.41) is 11.3. The number of benzene rings is 2. The van der Waals surface area contributed by atoms with Gasteiger partial charge in [0.2, 0.25) is 0 Å². The first-order chi connectivity index (χ1) is 15.0. The molecular formula is C22H23ClN4O3S. The number of ether oxygens (including phenoxy) is 1. The summed E-state index contributed by atoms with van der Waals surface area (Å²) in [7, 11) is 0. The van der Waals surface area contributed by atoms with Crippen LogP contribution in [0, 0.1) is 0 Å². The Hall–Kier alpha value is -3.10. The van der Waals surface area contributed by atoms with Crippen molar-refractivity contribution in [3.63, 3.8) is 0 Å². The van der Waals surface area contributed by atoms with E-state index in [1.807, 2.05) is 31.2 Å². The number of amides is 3. The normalized spacial score (nSPS) is 10.4. The quantitative estimate of drug-likeness (QED) is 0.440. The maximum absolute atomic E-state index is 12.3. The van der Waals surface area contributed by atoms with E-state index in [2.05, 4.69) is 20.9 Å². The molecule has 3 N–H and O–H groups in total. The van der Waals surface area contributed by atoms with Crippen LogP contribution < -0.4 is 20.7 Å². The van der Waals surface area contributed by atoms with Gasteiger partial charge >= 0.3 is 6.03 Å². The molecule has 1 heterocycles. The number of carbonyl (C=O) groups is 2. The van der Waals surface area contributed by atoms with Gasteiger partial charge in [0.05, 0.1) is 13.2 Å². The van der Waals surface area contributed by atoms with Crippen LogP contribution in [-0.4, -0.2) is 30.1 Å². The van der Waals surface area contributed by atoms with Crippen LogP contribution in [0.5, 0.6) is 5.75 Å². The molecule has 0 fully saturated rings. The monoisotopic (exact) mass is 458 g/mol. The third-order valence-electron chi connectivity index (χ3n) is 4.20. The second kappa shape index (κ2) is 11.3. The fourth-order valence-corrected chi connectivity index (χ4v) is 3.66. The number of urea groups is 1. The standard InChI is InChI=1S/C22H23ClN4O3S/c1-2-30-18-8-6-17(7-9-18)26-22(29)25-13-20-27-19(14-31-20)21(28)24-11-10-15-4-3-5-16(23)12-15/h3-9,12,14H,2,10-11,13H2,1H3,(H,24,28)(H2,25,26,29). The highest BCUT2D eigenvalue weighted by atomic mass is 35.5. The highest BCUT2D eigenvalue weighted by Crippen LogP contribution is 2.16. The second-order valence-corrected chi connectivity index (χ2v) is 7.91. The lowest BCUT2D eigenvalue weighted by Gasteiger charge is -2.08. The van der Waals surface area contributed by atoms with Crippen LogP contribution in [0.15, 0.2) is 53.9 Å². The summed E-state index contributed by atoms with van der Waals surface area (Å²) in [5.74, 6) is 0.498. The number of carbonyl (C=O) groups excluding carboxylic acids is 2. The Morgan fingerprint density at radius 1 is 1.13 bits per heavy atom. The lowest BCUT2D eigenvalue weighted by atomic mass is 10.1. The maximum atomic E-state index is 12.3. The van der Waals surface area contributed by atoms with Gasteiger partial charge in [0.1, 0.15) is 16.5 Å². The Kier molecular flexibility index (Phi) is 8.26. The lowest BCUT2D eigenvalue weighted by molar-refractivity contribution is 0.0949. The van der Waals surface area contributed by atoms with Gasteiger partial charge in [-0.3, -0.25) is 4.79 Å². The maximum Gasteiger partial charge on any atom is 0.319 e. The largest absolute Gasteiger partial charge is 0.494 e. The molecule has 0 aliphatic rings. The molecular weight excluding hydrogens is 436 g/mol. The molecule has 0 bridgehead atoms. The molecule has 162 valence electrons. The first kappa shape index (κ1) is 22.6. The van der Waals surface area contributed by atoms with Crippen molar-refractivity contribution in [1.82, 2.24) is 15.6 Å². The smallest absolute Gasteiger partial charge is 0.319 e. The van der Waals surface area contributed by atoms with Gasteiger partial charge in [-0.15, -0.1) is 11.3 Å². The molecule has 1 aromatic heterocycles. The van der Waals surface area contributed by atoms with Gasteiger partial charge in [0.15, 0.2) is 0 Å². The Balaban J connectivity index is 1.41. The van der Waals surface area contributed by atoms with E-state index in [-0.39, 0.29) is 18.5 Å². The van der Waals surface area contributed by atoms with E-state index in [9.17, 15) is 9.59 Å². The second-order valence-electron chi connectivity index (χ2n) is 6.53. The van der Waals surface area contributed by atoms with Gasteiger partial charge in [0, 0.05) is 22.6 Å². The zero-order chi connectivity index (χ0) is 22.1. The van der Waals surface area contributed by atoms with Gasteiger partial charge in [0.25, 0.3) is 5.91 Å². The molecule has 31 heavy (non-hydrogen) atoms. The zero-order valence-corrected chi connectivity index (χ0v) is 18.6. The van der Waals surface area contributed by atoms with Gasteiger partial charge in [-0.2, -0.15) is 0 Å². The highest BCUT2D eigenvalue weighted by Gasteiger charge is 2.11. The minimum atomic E-state index is -0.355. The van der Waals surface area contributed by atoms with E-state index in [1.54, 1.807) is 29.6 Å². The van der Waals surface area contributed by atoms with E-state index in [0.717, 1.165) is 11.3 Å². The molecule has 0 radical (unpaired) electrons. The summed E-state index contributed by atoms with van der Waals surface area (Å²) >= 11 is 7.28. The number of halogens is 1. The van der Waals surface area contributed by atoms with Gasteiger partial charge in [-0.05, 0) is 55.3 Å². The van der Waals surface area contributed by atoms with Crippen molar-refractivity contribution >= 4 is 40.6 Å². The van der Waals surface area contributed by atoms with E-state index in [0.29, 0.717) is 41.0 Å². The summed E-state index contributed by atoms with van der Waals surface area (Å²) in [6.45, 7) is 3.20. The molecule has 0 saturated carbocycles. The van der Waals surface area contributed by atoms with E-state index >= 15 is 0 Å². The SMILES string of the molecule is CCOc1ccc(NC(=O)NCc2nc(C(=O)NCCc3cccc(Cl)c3)cs2)cc1. The topological polar surface area (TPSA) is 92.3 Å². The van der Waals surface area contributed by atoms with Crippen molar-refractivity contribution in [2.45, 2.75) is 19.9 Å². The number of hydrogen-bond acceptors (Lipinski definition) is 5. The average Bonchev–Trinajstić information content (AvgIpc) is 3.23. The minimum Gasteiger partial charge on any atom is -0.494 e. The van der Waals surface area contributed by atoms with Crippen molar-refractivity contribution in [3.05, 3.63) is 75.2 Å². The first-order valence-corrected chi connectivity index (χ1v) is 11.0. The summed E-state index contributed by atoms with van der Waals surface area (Å²) in [4.78, 5) is 28.6. The van der Waals surface area contributed by atoms with Crippen LogP contribution in [0.25, 0.3) is 0 Å². The summed E-state index contributed by atoms with van der Waals surface area (Å²) in [6, 6.07) is 14.3. The zero-order valence-electron chi connectivity index (χ0n) is 17.0. The molecule has 7 nitrogen and oxygen atoms in total. The third kappa shape index (κ3) is 7.27. The molecule has 0 spiro atoms. The van der Waals surface area contributed by atoms with Crippen molar-refractivity contribution in [1.29, 1.82) is 0 Å². The van der Waals surface area contributed by atoms with Crippen molar-refractivity contribution in [3.8, 4) is 5.75 Å².